The largest absolute Gasteiger partial charge is 0.192 e. The number of benzene rings is 1. The number of rotatable bonds is 12. The molecule has 0 saturated heterocycles. The van der Waals surface area contributed by atoms with Crippen LogP contribution in [0.1, 0.15) is 76.3 Å². The fourth-order valence-corrected chi connectivity index (χ4v) is 15.9. The lowest BCUT2D eigenvalue weighted by molar-refractivity contribution is 0.707. The average molecular weight is 669 g/mol. The molecular formula is C27H28N2S9. The summed E-state index contributed by atoms with van der Waals surface area (Å²) in [6, 6.07) is 7.99. The van der Waals surface area contributed by atoms with Gasteiger partial charge in [-0.25, -0.2) is 0 Å². The van der Waals surface area contributed by atoms with Gasteiger partial charge in [-0.05, 0) is 36.5 Å². The van der Waals surface area contributed by atoms with E-state index in [0.717, 1.165) is 22.4 Å². The summed E-state index contributed by atoms with van der Waals surface area (Å²) in [6.07, 6.45) is 10.4. The van der Waals surface area contributed by atoms with Gasteiger partial charge >= 0.3 is 0 Å². The number of thioether (sulfide) groups is 6. The van der Waals surface area contributed by atoms with Gasteiger partial charge in [-0.1, -0.05) is 112 Å². The Morgan fingerprint density at radius 3 is 1.71 bits per heavy atom. The summed E-state index contributed by atoms with van der Waals surface area (Å²) in [5.74, 6) is 2.39. The fourth-order valence-electron chi connectivity index (χ4n) is 3.63. The van der Waals surface area contributed by atoms with Gasteiger partial charge in [-0.3, -0.25) is 0 Å². The normalized spacial score (nSPS) is 14.7. The van der Waals surface area contributed by atoms with E-state index in [2.05, 4.69) is 26.0 Å². The molecule has 3 heterocycles. The zero-order valence-electron chi connectivity index (χ0n) is 21.3. The van der Waals surface area contributed by atoms with Crippen LogP contribution in [0.3, 0.4) is 0 Å². The zero-order valence-corrected chi connectivity index (χ0v) is 28.6. The lowest BCUT2D eigenvalue weighted by Crippen LogP contribution is -1.96. The molecular weight excluding hydrogens is 641 g/mol. The van der Waals surface area contributed by atoms with Crippen molar-refractivity contribution < 1.29 is 0 Å². The summed E-state index contributed by atoms with van der Waals surface area (Å²) in [7, 11) is 0. The smallest absolute Gasteiger partial charge is 0.110 e. The third-order valence-electron chi connectivity index (χ3n) is 5.65. The van der Waals surface area contributed by atoms with Crippen LogP contribution in [-0.4, -0.2) is 11.5 Å². The number of nitrogens with zero attached hydrogens (tertiary/aromatic N) is 2. The van der Waals surface area contributed by atoms with Gasteiger partial charge < -0.3 is 0 Å². The minimum Gasteiger partial charge on any atom is -0.192 e. The van der Waals surface area contributed by atoms with E-state index in [1.807, 2.05) is 59.2 Å². The van der Waals surface area contributed by atoms with Crippen molar-refractivity contribution >= 4 is 114 Å². The molecule has 200 valence electrons. The molecule has 0 bridgehead atoms. The summed E-state index contributed by atoms with van der Waals surface area (Å²) >= 11 is 20.7. The number of hydrogen-bond donors (Lipinski definition) is 0. The van der Waals surface area contributed by atoms with Crippen molar-refractivity contribution in [2.24, 2.45) is 0 Å². The fraction of sp³-hybridized carbons (Fsp3) is 0.444. The molecule has 4 rings (SSSR count). The van der Waals surface area contributed by atoms with Crippen molar-refractivity contribution in [1.29, 1.82) is 10.5 Å². The molecule has 0 unspecified atom stereocenters. The second kappa shape index (κ2) is 15.9. The molecule has 0 N–H and O–H groups in total. The average Bonchev–Trinajstić information content (AvgIpc) is 3.63. The molecule has 0 spiro atoms. The first-order chi connectivity index (χ1) is 18.6. The Labute approximate surface area is 264 Å². The van der Waals surface area contributed by atoms with Crippen LogP contribution in [0.15, 0.2) is 30.4 Å². The molecule has 2 aliphatic heterocycles. The Morgan fingerprint density at radius 1 is 0.711 bits per heavy atom. The second-order valence-corrected chi connectivity index (χ2v) is 18.9. The van der Waals surface area contributed by atoms with Gasteiger partial charge in [0.1, 0.15) is 19.8 Å². The van der Waals surface area contributed by atoms with E-state index in [9.17, 15) is 10.5 Å². The highest BCUT2D eigenvalue weighted by atomic mass is 32.3. The van der Waals surface area contributed by atoms with E-state index >= 15 is 0 Å². The molecule has 0 saturated carbocycles. The molecule has 0 aliphatic carbocycles. The summed E-state index contributed by atoms with van der Waals surface area (Å²) in [4.78, 5) is 2.08. The molecule has 0 radical (unpaired) electrons. The Hall–Kier alpha value is 0.0500. The van der Waals surface area contributed by atoms with E-state index in [-0.39, 0.29) is 0 Å². The third kappa shape index (κ3) is 8.08. The van der Waals surface area contributed by atoms with Gasteiger partial charge in [0.2, 0.25) is 0 Å². The highest BCUT2D eigenvalue weighted by Crippen LogP contribution is 2.58. The number of fused-ring (bicyclic) bond motifs is 1. The zero-order chi connectivity index (χ0) is 26.9. The first-order valence-corrected chi connectivity index (χ1v) is 19.9. The van der Waals surface area contributed by atoms with Crippen LogP contribution in [-0.2, 0) is 0 Å². The predicted octanol–water partition coefficient (Wildman–Crippen LogP) is 10.5. The minimum atomic E-state index is 0.439. The van der Waals surface area contributed by atoms with Crippen molar-refractivity contribution in [1.82, 2.24) is 0 Å². The topological polar surface area (TPSA) is 47.6 Å². The quantitative estimate of drug-likeness (QED) is 0.162. The summed E-state index contributed by atoms with van der Waals surface area (Å²) in [5.41, 5.74) is 0.877. The Balaban J connectivity index is 1.55. The Bertz CT molecular complexity index is 1380. The van der Waals surface area contributed by atoms with Crippen LogP contribution in [0.5, 0.6) is 0 Å². The molecule has 1 aromatic heterocycles. The standard InChI is InChI=1S/C27H28N2S9/c1-3-5-7-9-11-31-24-25(32-12-10-8-6-4-2)38-27(37-24)26-35-21(22(30)36-26)23-33-19-13-17(15-28)18(16-29)14-20(19)34-23/h13-14H,3-12H2,1-2H3. The summed E-state index contributed by atoms with van der Waals surface area (Å²) in [6.45, 7) is 4.54. The van der Waals surface area contributed by atoms with Crippen molar-refractivity contribution in [2.75, 3.05) is 11.5 Å². The van der Waals surface area contributed by atoms with Crippen LogP contribution in [0.25, 0.3) is 8.47 Å². The van der Waals surface area contributed by atoms with E-state index in [4.69, 9.17) is 12.2 Å². The van der Waals surface area contributed by atoms with Gasteiger partial charge in [0.05, 0.1) is 32.6 Å². The summed E-state index contributed by atoms with van der Waals surface area (Å²) < 4.78 is 8.86. The van der Waals surface area contributed by atoms with Crippen LogP contribution >= 0.6 is 105 Å². The molecule has 0 fully saturated rings. The molecule has 38 heavy (non-hydrogen) atoms. The van der Waals surface area contributed by atoms with Crippen molar-refractivity contribution in [3.8, 4) is 12.1 Å². The van der Waals surface area contributed by atoms with Gasteiger partial charge in [0, 0.05) is 9.79 Å². The van der Waals surface area contributed by atoms with E-state index in [0.29, 0.717) is 11.1 Å². The Morgan fingerprint density at radius 2 is 1.24 bits per heavy atom. The second-order valence-electron chi connectivity index (χ2n) is 8.55. The molecule has 2 aromatic rings. The third-order valence-corrected chi connectivity index (χ3v) is 17.6. The minimum absolute atomic E-state index is 0.439. The first kappa shape index (κ1) is 31.0. The lowest BCUT2D eigenvalue weighted by atomic mass is 10.1. The van der Waals surface area contributed by atoms with Gasteiger partial charge in [0.15, 0.2) is 0 Å². The molecule has 2 aliphatic rings. The van der Waals surface area contributed by atoms with Gasteiger partial charge in [0.25, 0.3) is 0 Å². The van der Waals surface area contributed by atoms with Gasteiger partial charge in [-0.15, -0.1) is 46.2 Å². The maximum Gasteiger partial charge on any atom is 0.110 e. The Kier molecular flexibility index (Phi) is 13.0. The predicted molar refractivity (Wildman–Crippen MR) is 182 cm³/mol. The lowest BCUT2D eigenvalue weighted by Gasteiger charge is -2.05. The van der Waals surface area contributed by atoms with E-state index in [1.165, 1.54) is 79.4 Å². The molecule has 0 amide bonds. The molecule has 1 aromatic carbocycles. The summed E-state index contributed by atoms with van der Waals surface area (Å²) in [5, 5.41) is 18.8. The van der Waals surface area contributed by atoms with Crippen LogP contribution < -0.4 is 8.38 Å². The van der Waals surface area contributed by atoms with Crippen molar-refractivity contribution in [3.05, 3.63) is 43.9 Å². The van der Waals surface area contributed by atoms with Crippen LogP contribution in [0.4, 0.5) is 0 Å². The maximum absolute atomic E-state index is 9.41. The van der Waals surface area contributed by atoms with Gasteiger partial charge in [-0.2, -0.15) is 10.5 Å². The number of hydrogen-bond acceptors (Lipinski definition) is 11. The SMILES string of the molecule is CCCCCCSC1=C(SCCCCCC)SC(=c2sc(=S)c(=C3Sc4cc(C#N)c(C#N)cc4S3)s2)S1. The maximum atomic E-state index is 9.41. The monoisotopic (exact) mass is 668 g/mol. The van der Waals surface area contributed by atoms with E-state index < -0.39 is 0 Å². The van der Waals surface area contributed by atoms with Crippen LogP contribution in [0.2, 0.25) is 0 Å². The van der Waals surface area contributed by atoms with Crippen LogP contribution in [0, 0.1) is 26.5 Å². The highest BCUT2D eigenvalue weighted by molar-refractivity contribution is 8.45. The number of nitriles is 2. The first-order valence-electron chi connectivity index (χ1n) is 12.7. The molecule has 11 heteroatoms. The van der Waals surface area contributed by atoms with Crippen molar-refractivity contribution in [2.45, 2.75) is 75.0 Å². The van der Waals surface area contributed by atoms with E-state index in [1.54, 1.807) is 46.2 Å². The highest BCUT2D eigenvalue weighted by Gasteiger charge is 2.25. The number of unbranched alkanes of at least 4 members (excludes halogenated alkanes) is 6. The van der Waals surface area contributed by atoms with Crippen molar-refractivity contribution in [3.63, 3.8) is 0 Å². The molecule has 0 atom stereocenters. The molecule has 2 nitrogen and oxygen atoms in total.